The molecule has 0 spiro atoms. The van der Waals surface area contributed by atoms with Gasteiger partial charge in [-0.2, -0.15) is 0 Å². The summed E-state index contributed by atoms with van der Waals surface area (Å²) in [7, 11) is 0. The van der Waals surface area contributed by atoms with Gasteiger partial charge in [0, 0.05) is 38.7 Å². The first-order valence-electron chi connectivity index (χ1n) is 6.59. The van der Waals surface area contributed by atoms with E-state index in [-0.39, 0.29) is 11.9 Å². The maximum Gasteiger partial charge on any atom is 0.217 e. The van der Waals surface area contributed by atoms with E-state index in [1.54, 1.807) is 13.3 Å². The highest BCUT2D eigenvalue weighted by Gasteiger charge is 2.24. The van der Waals surface area contributed by atoms with Crippen molar-refractivity contribution in [1.29, 1.82) is 0 Å². The molecule has 1 aliphatic rings. The minimum Gasteiger partial charge on any atom is -0.375 e. The van der Waals surface area contributed by atoms with Crippen molar-refractivity contribution in [3.63, 3.8) is 0 Å². The van der Waals surface area contributed by atoms with Crippen molar-refractivity contribution < 1.29 is 9.53 Å². The first-order valence-corrected chi connectivity index (χ1v) is 6.59. The van der Waals surface area contributed by atoms with Crippen LogP contribution in [0.15, 0.2) is 12.4 Å². The topological polar surface area (TPSA) is 67.3 Å². The molecule has 1 saturated heterocycles. The number of amides is 1. The molecule has 0 saturated carbocycles. The number of rotatable bonds is 5. The van der Waals surface area contributed by atoms with Gasteiger partial charge in [-0.15, -0.1) is 0 Å². The first-order chi connectivity index (χ1) is 9.19. The van der Waals surface area contributed by atoms with Gasteiger partial charge in [-0.3, -0.25) is 4.79 Å². The third-order valence-corrected chi connectivity index (χ3v) is 3.08. The number of carbonyl (C=O) groups excluding carboxylic acids is 1. The van der Waals surface area contributed by atoms with Crippen LogP contribution in [-0.2, 0) is 16.1 Å². The molecule has 1 N–H and O–H groups in total. The zero-order valence-corrected chi connectivity index (χ0v) is 11.4. The number of aromatic nitrogens is 2. The summed E-state index contributed by atoms with van der Waals surface area (Å²) in [6.45, 7) is 6.39. The molecule has 2 rings (SSSR count). The molecule has 1 unspecified atom stereocenters. The second-order valence-corrected chi connectivity index (χ2v) is 4.64. The smallest absolute Gasteiger partial charge is 0.217 e. The summed E-state index contributed by atoms with van der Waals surface area (Å²) >= 11 is 0. The highest BCUT2D eigenvalue weighted by Crippen LogP contribution is 2.18. The summed E-state index contributed by atoms with van der Waals surface area (Å²) in [6, 6.07) is 2.16. The van der Waals surface area contributed by atoms with Crippen molar-refractivity contribution in [3.05, 3.63) is 18.1 Å². The molecular formula is C13H20N4O2. The van der Waals surface area contributed by atoms with Gasteiger partial charge >= 0.3 is 0 Å². The third kappa shape index (κ3) is 3.89. The molecule has 0 aliphatic carbocycles. The van der Waals surface area contributed by atoms with Crippen LogP contribution in [0, 0.1) is 0 Å². The molecule has 6 nitrogen and oxygen atoms in total. The van der Waals surface area contributed by atoms with Gasteiger partial charge in [-0.25, -0.2) is 9.97 Å². The van der Waals surface area contributed by atoms with E-state index in [0.717, 1.165) is 31.0 Å². The lowest BCUT2D eigenvalue weighted by Crippen LogP contribution is -2.35. The maximum atomic E-state index is 11.0. The molecule has 0 aromatic carbocycles. The molecule has 6 heteroatoms. The zero-order valence-electron chi connectivity index (χ0n) is 11.4. The van der Waals surface area contributed by atoms with Crippen molar-refractivity contribution in [2.45, 2.75) is 32.9 Å². The number of anilines is 1. The molecule has 1 aromatic rings. The maximum absolute atomic E-state index is 11.0. The number of carbonyl (C=O) groups is 1. The Labute approximate surface area is 113 Å². The molecular weight excluding hydrogens is 244 g/mol. The number of ether oxygens (including phenoxy) is 1. The van der Waals surface area contributed by atoms with E-state index in [4.69, 9.17) is 4.74 Å². The minimum absolute atomic E-state index is 0.0200. The number of nitrogens with one attached hydrogen (secondary N) is 1. The van der Waals surface area contributed by atoms with Gasteiger partial charge in [0.1, 0.15) is 12.1 Å². The largest absolute Gasteiger partial charge is 0.375 e. The van der Waals surface area contributed by atoms with Crippen molar-refractivity contribution in [3.8, 4) is 0 Å². The highest BCUT2D eigenvalue weighted by atomic mass is 16.5. The number of hydrogen-bond acceptors (Lipinski definition) is 5. The molecule has 1 atom stereocenters. The van der Waals surface area contributed by atoms with Gasteiger partial charge < -0.3 is 15.0 Å². The summed E-state index contributed by atoms with van der Waals surface area (Å²) in [5, 5.41) is 2.94. The zero-order chi connectivity index (χ0) is 13.7. The SMILES string of the molecule is CCOCc1cc(N2CCC(NC(C)=O)C2)ncn1. The van der Waals surface area contributed by atoms with Gasteiger partial charge in [-0.05, 0) is 13.3 Å². The lowest BCUT2D eigenvalue weighted by Gasteiger charge is -2.18. The highest BCUT2D eigenvalue weighted by molar-refractivity contribution is 5.73. The van der Waals surface area contributed by atoms with Crippen LogP contribution < -0.4 is 10.2 Å². The fourth-order valence-electron chi connectivity index (χ4n) is 2.22. The normalized spacial score (nSPS) is 18.6. The van der Waals surface area contributed by atoms with Gasteiger partial charge in [0.15, 0.2) is 0 Å². The summed E-state index contributed by atoms with van der Waals surface area (Å²) in [5.41, 5.74) is 0.884. The lowest BCUT2D eigenvalue weighted by molar-refractivity contribution is -0.119. The Morgan fingerprint density at radius 1 is 1.58 bits per heavy atom. The summed E-state index contributed by atoms with van der Waals surface area (Å²) in [5.74, 6) is 0.920. The van der Waals surface area contributed by atoms with Crippen molar-refractivity contribution >= 4 is 11.7 Å². The molecule has 0 bridgehead atoms. The van der Waals surface area contributed by atoms with E-state index in [1.165, 1.54) is 0 Å². The van der Waals surface area contributed by atoms with E-state index in [1.807, 2.05) is 13.0 Å². The Morgan fingerprint density at radius 3 is 3.16 bits per heavy atom. The molecule has 2 heterocycles. The Hall–Kier alpha value is -1.69. The van der Waals surface area contributed by atoms with Crippen molar-refractivity contribution in [2.24, 2.45) is 0 Å². The summed E-state index contributed by atoms with van der Waals surface area (Å²) < 4.78 is 5.35. The predicted molar refractivity (Wildman–Crippen MR) is 71.8 cm³/mol. The van der Waals surface area contributed by atoms with Crippen molar-refractivity contribution in [2.75, 3.05) is 24.6 Å². The number of nitrogens with zero attached hydrogens (tertiary/aromatic N) is 3. The van der Waals surface area contributed by atoms with Crippen LogP contribution in [0.4, 0.5) is 5.82 Å². The molecule has 0 radical (unpaired) electrons. The van der Waals surface area contributed by atoms with Gasteiger partial charge in [0.25, 0.3) is 0 Å². The summed E-state index contributed by atoms with van der Waals surface area (Å²) in [4.78, 5) is 21.7. The molecule has 1 aromatic heterocycles. The second kappa shape index (κ2) is 6.47. The van der Waals surface area contributed by atoms with Crippen LogP contribution in [-0.4, -0.2) is 41.6 Å². The predicted octanol–water partition coefficient (Wildman–Crippen LogP) is 0.728. The monoisotopic (exact) mass is 264 g/mol. The van der Waals surface area contributed by atoms with Crippen LogP contribution >= 0.6 is 0 Å². The molecule has 104 valence electrons. The molecule has 1 amide bonds. The molecule has 1 fully saturated rings. The van der Waals surface area contributed by atoms with E-state index in [9.17, 15) is 4.79 Å². The van der Waals surface area contributed by atoms with Crippen LogP contribution in [0.1, 0.15) is 26.0 Å². The molecule has 19 heavy (non-hydrogen) atoms. The Kier molecular flexibility index (Phi) is 4.68. The Morgan fingerprint density at radius 2 is 2.42 bits per heavy atom. The fraction of sp³-hybridized carbons (Fsp3) is 0.615. The van der Waals surface area contributed by atoms with Crippen LogP contribution in [0.3, 0.4) is 0 Å². The van der Waals surface area contributed by atoms with Crippen LogP contribution in [0.2, 0.25) is 0 Å². The van der Waals surface area contributed by atoms with E-state index >= 15 is 0 Å². The van der Waals surface area contributed by atoms with E-state index in [2.05, 4.69) is 20.2 Å². The quantitative estimate of drug-likeness (QED) is 0.849. The van der Waals surface area contributed by atoms with Gasteiger partial charge in [-0.1, -0.05) is 0 Å². The average molecular weight is 264 g/mol. The number of hydrogen-bond donors (Lipinski definition) is 1. The third-order valence-electron chi connectivity index (χ3n) is 3.08. The van der Waals surface area contributed by atoms with E-state index < -0.39 is 0 Å². The minimum atomic E-state index is 0.0200. The fourth-order valence-corrected chi connectivity index (χ4v) is 2.22. The Balaban J connectivity index is 1.96. The Bertz CT molecular complexity index is 438. The average Bonchev–Trinajstić information content (AvgIpc) is 2.84. The van der Waals surface area contributed by atoms with Crippen LogP contribution in [0.25, 0.3) is 0 Å². The second-order valence-electron chi connectivity index (χ2n) is 4.64. The van der Waals surface area contributed by atoms with Gasteiger partial charge in [0.05, 0.1) is 12.3 Å². The van der Waals surface area contributed by atoms with Gasteiger partial charge in [0.2, 0.25) is 5.91 Å². The first kappa shape index (κ1) is 13.7. The van der Waals surface area contributed by atoms with Crippen LogP contribution in [0.5, 0.6) is 0 Å². The lowest BCUT2D eigenvalue weighted by atomic mass is 10.2. The van der Waals surface area contributed by atoms with Crippen molar-refractivity contribution in [1.82, 2.24) is 15.3 Å². The van der Waals surface area contributed by atoms with E-state index in [0.29, 0.717) is 13.2 Å². The standard InChI is InChI=1S/C13H20N4O2/c1-3-19-8-12-6-13(15-9-14-12)17-5-4-11(7-17)16-10(2)18/h6,9,11H,3-5,7-8H2,1-2H3,(H,16,18). The molecule has 1 aliphatic heterocycles. The summed E-state index contributed by atoms with van der Waals surface area (Å²) in [6.07, 6.45) is 2.51.